The predicted molar refractivity (Wildman–Crippen MR) is 140 cm³/mol. The topological polar surface area (TPSA) is 57.2 Å². The van der Waals surface area contributed by atoms with Gasteiger partial charge >= 0.3 is 0 Å². The lowest BCUT2D eigenvalue weighted by Crippen LogP contribution is -2.24. The Labute approximate surface area is 205 Å². The maximum absolute atomic E-state index is 9.25. The first-order valence-electron chi connectivity index (χ1n) is 10.5. The molecule has 1 N–H and O–H groups in total. The summed E-state index contributed by atoms with van der Waals surface area (Å²) in [5.41, 5.74) is 1.88. The zero-order chi connectivity index (χ0) is 23.9. The summed E-state index contributed by atoms with van der Waals surface area (Å²) in [7, 11) is 3.87. The van der Waals surface area contributed by atoms with E-state index in [0.29, 0.717) is 0 Å². The average molecular weight is 493 g/mol. The molecule has 0 radical (unpaired) electrons. The number of hydrogen-bond acceptors (Lipinski definition) is 6. The molecule has 1 atom stereocenters. The van der Waals surface area contributed by atoms with E-state index in [0.717, 1.165) is 61.2 Å². The Hall–Kier alpha value is -3.02. The van der Waals surface area contributed by atoms with Crippen LogP contribution in [0.1, 0.15) is 0 Å². The third-order valence-corrected chi connectivity index (χ3v) is 8.76. The summed E-state index contributed by atoms with van der Waals surface area (Å²) < 4.78 is 21.8. The fraction of sp³-hybridized carbons (Fsp3) is 0.111. The molecule has 34 heavy (non-hydrogen) atoms. The quantitative estimate of drug-likeness (QED) is 0.141. The molecule has 4 aromatic rings. The number of rotatable bonds is 9. The van der Waals surface area contributed by atoms with Gasteiger partial charge in [0.25, 0.3) is 0 Å². The van der Waals surface area contributed by atoms with Crippen LogP contribution in [0.3, 0.4) is 0 Å². The fourth-order valence-corrected chi connectivity index (χ4v) is 7.30. The molecule has 174 valence electrons. The van der Waals surface area contributed by atoms with Crippen molar-refractivity contribution in [1.29, 1.82) is 0 Å². The van der Waals surface area contributed by atoms with Crippen molar-refractivity contribution in [3.63, 3.8) is 0 Å². The molecule has 0 aliphatic carbocycles. The van der Waals surface area contributed by atoms with Crippen molar-refractivity contribution in [2.75, 3.05) is 21.3 Å². The van der Waals surface area contributed by atoms with E-state index >= 15 is 0 Å². The highest BCUT2D eigenvalue weighted by Gasteiger charge is 2.27. The van der Waals surface area contributed by atoms with Crippen LogP contribution in [0.15, 0.2) is 95.9 Å². The second kappa shape index (κ2) is 11.4. The summed E-state index contributed by atoms with van der Waals surface area (Å²) in [6.45, 7) is 0. The molecule has 0 heterocycles. The lowest BCUT2D eigenvalue weighted by atomic mass is 10.0. The highest BCUT2D eigenvalue weighted by atomic mass is 32.2. The SMILES string of the molecule is COc1ccccc1P(c1ccccc1SOO)c1ccccc1-c1c(OC)cccc1OC. The monoisotopic (exact) mass is 492 g/mol. The smallest absolute Gasteiger partial charge is 0.130 e. The van der Waals surface area contributed by atoms with Crippen molar-refractivity contribution in [3.8, 4) is 28.4 Å². The van der Waals surface area contributed by atoms with Crippen molar-refractivity contribution in [2.45, 2.75) is 4.90 Å². The lowest BCUT2D eigenvalue weighted by Gasteiger charge is -2.26. The lowest BCUT2D eigenvalue weighted by molar-refractivity contribution is -0.116. The van der Waals surface area contributed by atoms with Crippen LogP contribution in [0.25, 0.3) is 11.1 Å². The molecule has 0 saturated heterocycles. The van der Waals surface area contributed by atoms with Gasteiger partial charge in [-0.1, -0.05) is 66.7 Å². The summed E-state index contributed by atoms with van der Waals surface area (Å²) in [4.78, 5) is 0.823. The Morgan fingerprint density at radius 3 is 1.76 bits per heavy atom. The van der Waals surface area contributed by atoms with E-state index in [1.807, 2.05) is 66.7 Å². The Morgan fingerprint density at radius 1 is 0.588 bits per heavy atom. The van der Waals surface area contributed by atoms with E-state index in [2.05, 4.69) is 28.6 Å². The first-order chi connectivity index (χ1) is 16.7. The maximum atomic E-state index is 9.25. The highest BCUT2D eigenvalue weighted by Crippen LogP contribution is 2.45. The molecule has 5 nitrogen and oxygen atoms in total. The molecule has 1 unspecified atom stereocenters. The first kappa shape index (κ1) is 24.1. The molecular formula is C27H25O5PS. The van der Waals surface area contributed by atoms with Gasteiger partial charge in [0.15, 0.2) is 0 Å². The van der Waals surface area contributed by atoms with Gasteiger partial charge < -0.3 is 14.2 Å². The molecule has 0 aromatic heterocycles. The van der Waals surface area contributed by atoms with Crippen LogP contribution in [-0.4, -0.2) is 26.6 Å². The predicted octanol–water partition coefficient (Wildman–Crippen LogP) is 5.63. The van der Waals surface area contributed by atoms with Gasteiger partial charge in [-0.05, 0) is 43.1 Å². The molecule has 0 aliphatic heterocycles. The molecule has 7 heteroatoms. The number of methoxy groups -OCH3 is 3. The van der Waals surface area contributed by atoms with Gasteiger partial charge in [-0.3, -0.25) is 0 Å². The highest BCUT2D eigenvalue weighted by molar-refractivity contribution is 7.95. The number of benzene rings is 4. The van der Waals surface area contributed by atoms with Crippen LogP contribution in [0.4, 0.5) is 0 Å². The molecule has 4 rings (SSSR count). The molecule has 0 spiro atoms. The van der Waals surface area contributed by atoms with Crippen LogP contribution in [0.5, 0.6) is 17.2 Å². The van der Waals surface area contributed by atoms with Crippen molar-refractivity contribution >= 4 is 35.9 Å². The molecule has 0 aliphatic rings. The van der Waals surface area contributed by atoms with E-state index in [9.17, 15) is 5.26 Å². The largest absolute Gasteiger partial charge is 0.496 e. The van der Waals surface area contributed by atoms with Crippen LogP contribution in [0.2, 0.25) is 0 Å². The molecule has 0 saturated carbocycles. The van der Waals surface area contributed by atoms with E-state index in [-0.39, 0.29) is 0 Å². The molecule has 0 fully saturated rings. The van der Waals surface area contributed by atoms with E-state index in [4.69, 9.17) is 14.2 Å². The standard InChI is InChI=1S/C27H25O5PS/c1-29-20-12-5-7-16-24(20)33(25-17-8-9-18-26(25)34-32-28)23-15-6-4-11-19(23)27-21(30-2)13-10-14-22(27)31-3/h4-18,28H,1-3H3. The number of ether oxygens (including phenoxy) is 3. The molecule has 4 aromatic carbocycles. The minimum atomic E-state index is -1.13. The zero-order valence-electron chi connectivity index (χ0n) is 19.1. The summed E-state index contributed by atoms with van der Waals surface area (Å²) in [6, 6.07) is 30.0. The van der Waals surface area contributed by atoms with Gasteiger partial charge in [-0.15, -0.1) is 0 Å². The third kappa shape index (κ3) is 4.77. The van der Waals surface area contributed by atoms with E-state index in [1.54, 1.807) is 21.3 Å². The maximum Gasteiger partial charge on any atom is 0.130 e. The zero-order valence-corrected chi connectivity index (χ0v) is 20.8. The van der Waals surface area contributed by atoms with Crippen LogP contribution >= 0.6 is 20.0 Å². The summed E-state index contributed by atoms with van der Waals surface area (Å²) in [5.74, 6) is 2.24. The van der Waals surface area contributed by atoms with E-state index in [1.165, 1.54) is 0 Å². The van der Waals surface area contributed by atoms with Gasteiger partial charge in [0.1, 0.15) is 17.2 Å². The van der Waals surface area contributed by atoms with Crippen LogP contribution in [-0.2, 0) is 4.33 Å². The van der Waals surface area contributed by atoms with Crippen molar-refractivity contribution in [1.82, 2.24) is 0 Å². The molecule has 0 amide bonds. The molecular weight excluding hydrogens is 467 g/mol. The Morgan fingerprint density at radius 2 is 1.12 bits per heavy atom. The summed E-state index contributed by atoms with van der Waals surface area (Å²) >= 11 is 0.932. The van der Waals surface area contributed by atoms with Crippen LogP contribution < -0.4 is 30.1 Å². The van der Waals surface area contributed by atoms with Gasteiger partial charge in [-0.25, -0.2) is 5.26 Å². The third-order valence-electron chi connectivity index (χ3n) is 5.40. The average Bonchev–Trinajstić information content (AvgIpc) is 2.90. The Balaban J connectivity index is 2.06. The number of para-hydroxylation sites is 1. The van der Waals surface area contributed by atoms with Crippen LogP contribution in [0, 0.1) is 0 Å². The number of hydrogen-bond donors (Lipinski definition) is 1. The summed E-state index contributed by atoms with van der Waals surface area (Å²) in [5, 5.41) is 12.4. The summed E-state index contributed by atoms with van der Waals surface area (Å²) in [6.07, 6.45) is 0. The Bertz CT molecular complexity index is 1240. The minimum Gasteiger partial charge on any atom is -0.496 e. The second-order valence-corrected chi connectivity index (χ2v) is 10.1. The van der Waals surface area contributed by atoms with Gasteiger partial charge in [0.2, 0.25) is 0 Å². The molecule has 0 bridgehead atoms. The minimum absolute atomic E-state index is 0.725. The fourth-order valence-electron chi connectivity index (χ4n) is 3.95. The van der Waals surface area contributed by atoms with E-state index < -0.39 is 7.92 Å². The van der Waals surface area contributed by atoms with Gasteiger partial charge in [-0.2, -0.15) is 4.33 Å². The van der Waals surface area contributed by atoms with Crippen molar-refractivity contribution in [2.24, 2.45) is 0 Å². The second-order valence-electron chi connectivity index (χ2n) is 7.19. The van der Waals surface area contributed by atoms with Gasteiger partial charge in [0, 0.05) is 15.5 Å². The Kier molecular flexibility index (Phi) is 8.09. The normalized spacial score (nSPS) is 11.6. The van der Waals surface area contributed by atoms with Crippen molar-refractivity contribution < 1.29 is 23.8 Å². The van der Waals surface area contributed by atoms with Crippen molar-refractivity contribution in [3.05, 3.63) is 91.0 Å². The first-order valence-corrected chi connectivity index (χ1v) is 12.6. The van der Waals surface area contributed by atoms with Gasteiger partial charge in [0.05, 0.1) is 38.9 Å².